The van der Waals surface area contributed by atoms with Gasteiger partial charge in [-0.25, -0.2) is 9.69 Å². The van der Waals surface area contributed by atoms with Crippen molar-refractivity contribution in [3.8, 4) is 0 Å². The molecule has 2 aliphatic heterocycles. The smallest absolute Gasteiger partial charge is 0.340 e. The Morgan fingerprint density at radius 3 is 2.46 bits per heavy atom. The van der Waals surface area contributed by atoms with E-state index in [1.54, 1.807) is 52.5 Å². The van der Waals surface area contributed by atoms with Crippen LogP contribution in [0.3, 0.4) is 0 Å². The number of ketones is 1. The Morgan fingerprint density at radius 2 is 1.81 bits per heavy atom. The molecule has 12 nitrogen and oxygen atoms in total. The molecule has 2 heterocycles. The van der Waals surface area contributed by atoms with Crippen LogP contribution < -0.4 is 4.90 Å². The normalized spacial score (nSPS) is 47.2. The summed E-state index contributed by atoms with van der Waals surface area (Å²) in [4.78, 5) is 57.2. The Labute approximate surface area is 280 Å². The van der Waals surface area contributed by atoms with Crippen molar-refractivity contribution in [2.75, 3.05) is 45.9 Å². The fourth-order valence-corrected chi connectivity index (χ4v) is 12.6. The van der Waals surface area contributed by atoms with Gasteiger partial charge in [0.25, 0.3) is 0 Å². The molecule has 48 heavy (non-hydrogen) atoms. The Morgan fingerprint density at radius 1 is 1.06 bits per heavy atom. The number of likely N-dealkylation sites (tertiary alicyclic amines) is 1. The van der Waals surface area contributed by atoms with E-state index in [4.69, 9.17) is 18.9 Å². The number of para-hydroxylation sites is 1. The second-order valence-electron chi connectivity index (χ2n) is 15.5. The van der Waals surface area contributed by atoms with E-state index in [0.29, 0.717) is 32.4 Å². The summed E-state index contributed by atoms with van der Waals surface area (Å²) < 4.78 is 24.7. The molecule has 13 atom stereocenters. The summed E-state index contributed by atoms with van der Waals surface area (Å²) in [5, 5.41) is 26.1. The minimum Gasteiger partial charge on any atom is -0.461 e. The number of rotatable bonds is 8. The Balaban J connectivity index is 1.23. The topological polar surface area (TPSA) is 152 Å². The minimum absolute atomic E-state index is 0.0195. The average molecular weight is 667 g/mol. The number of carbonyl (C=O) groups excluding carboxylic acids is 4. The molecule has 7 aliphatic rings. The lowest BCUT2D eigenvalue weighted by atomic mass is 9.42. The van der Waals surface area contributed by atoms with Gasteiger partial charge in [0, 0.05) is 69.3 Å². The molecule has 1 aromatic rings. The maximum atomic E-state index is 14.1. The van der Waals surface area contributed by atoms with Gasteiger partial charge in [0.1, 0.15) is 17.0 Å². The summed E-state index contributed by atoms with van der Waals surface area (Å²) in [6.45, 7) is 4.72. The average Bonchev–Trinajstić information content (AvgIpc) is 3.56. The number of anilines is 1. The van der Waals surface area contributed by atoms with E-state index < -0.39 is 64.0 Å². The van der Waals surface area contributed by atoms with Crippen molar-refractivity contribution in [3.05, 3.63) is 29.8 Å². The predicted octanol–water partition coefficient (Wildman–Crippen LogP) is 1.59. The zero-order valence-electron chi connectivity index (χ0n) is 28.2. The summed E-state index contributed by atoms with van der Waals surface area (Å²) in [7, 11) is 4.78. The standard InChI is InChI=1S/C36H46N2O10/c1-6-37-16-33(17-48-31(42)19-9-7-8-10-22(19)38-25(39)13-18(2)30(38)41)12-11-24(46-4)35-21-14-20-23(45-3)15-34(43,26(21)27(20)40)36(44,32(35)37)29(47-5)28(33)35/h7-10,18,20-21,23-24,26,28-29,32,43-44H,6,11-17H2,1-5H3/t18-,20-,21-,23-,24?,26+,28+,29-,32?,33-,34+,35?,36?/m0/s1. The van der Waals surface area contributed by atoms with Crippen LogP contribution in [-0.4, -0.2) is 115 Å². The Bertz CT molecular complexity index is 1580. The lowest BCUT2D eigenvalue weighted by Gasteiger charge is -2.69. The highest BCUT2D eigenvalue weighted by molar-refractivity contribution is 6.22. The van der Waals surface area contributed by atoms with Gasteiger partial charge in [-0.15, -0.1) is 0 Å². The number of hydrogen-bond donors (Lipinski definition) is 2. The summed E-state index contributed by atoms with van der Waals surface area (Å²) in [5.41, 5.74) is -4.80. The van der Waals surface area contributed by atoms with Crippen LogP contribution in [-0.2, 0) is 33.3 Å². The van der Waals surface area contributed by atoms with Crippen molar-refractivity contribution in [2.24, 2.45) is 40.4 Å². The van der Waals surface area contributed by atoms with Crippen molar-refractivity contribution in [3.63, 3.8) is 0 Å². The first-order valence-electron chi connectivity index (χ1n) is 17.3. The Kier molecular flexibility index (Phi) is 7.19. The predicted molar refractivity (Wildman–Crippen MR) is 169 cm³/mol. The number of esters is 1. The molecular formula is C36H46N2O10. The highest BCUT2D eigenvalue weighted by Gasteiger charge is 2.91. The molecule has 7 fully saturated rings. The molecule has 2 saturated heterocycles. The van der Waals surface area contributed by atoms with Crippen LogP contribution in [0.5, 0.6) is 0 Å². The first-order valence-corrected chi connectivity index (χ1v) is 17.3. The highest BCUT2D eigenvalue weighted by Crippen LogP contribution is 2.80. The number of piperidine rings is 1. The summed E-state index contributed by atoms with van der Waals surface area (Å²) in [6, 6.07) is 5.93. The van der Waals surface area contributed by atoms with Gasteiger partial charge in [0.2, 0.25) is 11.8 Å². The van der Waals surface area contributed by atoms with Gasteiger partial charge in [-0.3, -0.25) is 19.3 Å². The van der Waals surface area contributed by atoms with Crippen molar-refractivity contribution >= 4 is 29.3 Å². The number of methoxy groups -OCH3 is 3. The van der Waals surface area contributed by atoms with Gasteiger partial charge in [-0.1, -0.05) is 26.0 Å². The quantitative estimate of drug-likeness (QED) is 0.307. The number of nitrogens with zero attached hydrogens (tertiary/aromatic N) is 2. The third-order valence-corrected chi connectivity index (χ3v) is 14.0. The zero-order chi connectivity index (χ0) is 34.1. The van der Waals surface area contributed by atoms with Crippen molar-refractivity contribution in [1.29, 1.82) is 0 Å². The molecule has 2 N–H and O–H groups in total. The molecule has 1 aromatic carbocycles. The van der Waals surface area contributed by atoms with Crippen molar-refractivity contribution < 1.29 is 48.3 Å². The molecule has 260 valence electrons. The number of imide groups is 1. The number of amides is 2. The maximum absolute atomic E-state index is 14.1. The number of likely N-dealkylation sites (N-methyl/N-ethyl adjacent to an activating group) is 1. The van der Waals surface area contributed by atoms with E-state index in [9.17, 15) is 29.4 Å². The van der Waals surface area contributed by atoms with Crippen LogP contribution in [0.2, 0.25) is 0 Å². The zero-order valence-corrected chi connectivity index (χ0v) is 28.2. The first kappa shape index (κ1) is 32.5. The second-order valence-corrected chi connectivity index (χ2v) is 15.5. The highest BCUT2D eigenvalue weighted by atomic mass is 16.5. The van der Waals surface area contributed by atoms with Crippen LogP contribution in [0.25, 0.3) is 0 Å². The third kappa shape index (κ3) is 3.56. The number of benzene rings is 1. The minimum atomic E-state index is -1.84. The SMILES string of the molecule is CCN1C[C@]2(COC(=O)c3ccccc3N3C(=O)C[C@H](C)C3=O)CCC(OC)C34C1C(O)([C@@H](OC)[C@@H]32)[C@@]1(O)C[C@H](OC)[C@@H]2C[C@H]4[C@@H]1C2=O. The largest absolute Gasteiger partial charge is 0.461 e. The van der Waals surface area contributed by atoms with E-state index in [-0.39, 0.29) is 66.2 Å². The van der Waals surface area contributed by atoms with Gasteiger partial charge >= 0.3 is 5.97 Å². The summed E-state index contributed by atoms with van der Waals surface area (Å²) >= 11 is 0. The fraction of sp³-hybridized carbons (Fsp3) is 0.722. The number of Topliss-reactive ketones (excluding diaryl/α,β-unsaturated/α-hetero) is 1. The first-order chi connectivity index (χ1) is 22.9. The van der Waals surface area contributed by atoms with Crippen LogP contribution in [0.15, 0.2) is 24.3 Å². The van der Waals surface area contributed by atoms with Gasteiger partial charge < -0.3 is 29.2 Å². The van der Waals surface area contributed by atoms with Crippen molar-refractivity contribution in [1.82, 2.24) is 4.90 Å². The third-order valence-electron chi connectivity index (χ3n) is 14.0. The van der Waals surface area contributed by atoms with Crippen LogP contribution in [0.1, 0.15) is 56.3 Å². The van der Waals surface area contributed by atoms with Gasteiger partial charge in [0.05, 0.1) is 48.1 Å². The lowest BCUT2D eigenvalue weighted by Crippen LogP contribution is -2.81. The second kappa shape index (κ2) is 10.6. The van der Waals surface area contributed by atoms with E-state index in [2.05, 4.69) is 4.90 Å². The van der Waals surface area contributed by atoms with Crippen LogP contribution in [0.4, 0.5) is 5.69 Å². The van der Waals surface area contributed by atoms with Gasteiger partial charge in [0.15, 0.2) is 0 Å². The molecule has 0 radical (unpaired) electrons. The molecule has 0 aromatic heterocycles. The molecule has 5 saturated carbocycles. The molecule has 8 rings (SSSR count). The van der Waals surface area contributed by atoms with Gasteiger partial charge in [-0.2, -0.15) is 0 Å². The maximum Gasteiger partial charge on any atom is 0.340 e. The van der Waals surface area contributed by atoms with Crippen LogP contribution >= 0.6 is 0 Å². The number of carbonyl (C=O) groups is 4. The molecule has 4 unspecified atom stereocenters. The van der Waals surface area contributed by atoms with E-state index in [1.165, 1.54) is 0 Å². The fourth-order valence-electron chi connectivity index (χ4n) is 12.6. The summed E-state index contributed by atoms with van der Waals surface area (Å²) in [5.74, 6) is -3.81. The molecule has 1 spiro atoms. The molecule has 5 aliphatic carbocycles. The Hall–Kier alpha value is -2.74. The molecule has 2 amide bonds. The number of fused-ring (bicyclic) bond motifs is 2. The number of aliphatic hydroxyl groups is 2. The van der Waals surface area contributed by atoms with Crippen molar-refractivity contribution in [2.45, 2.75) is 81.5 Å². The van der Waals surface area contributed by atoms with E-state index in [1.807, 2.05) is 6.92 Å². The summed E-state index contributed by atoms with van der Waals surface area (Å²) in [6.07, 6.45) is 0.178. The number of hydrogen-bond acceptors (Lipinski definition) is 11. The molecule has 12 heteroatoms. The number of ether oxygens (including phenoxy) is 4. The van der Waals surface area contributed by atoms with E-state index in [0.717, 1.165) is 4.90 Å². The lowest BCUT2D eigenvalue weighted by molar-refractivity contribution is -0.300. The monoisotopic (exact) mass is 666 g/mol. The van der Waals surface area contributed by atoms with E-state index >= 15 is 0 Å². The molecule has 7 bridgehead atoms. The van der Waals surface area contributed by atoms with Gasteiger partial charge in [-0.05, 0) is 43.9 Å². The molecular weight excluding hydrogens is 620 g/mol. The van der Waals surface area contributed by atoms with Crippen LogP contribution in [0, 0.1) is 40.4 Å².